The predicted octanol–water partition coefficient (Wildman–Crippen LogP) is 4.39. The van der Waals surface area contributed by atoms with Crippen LogP contribution in [0.15, 0.2) is 60.7 Å². The molecule has 2 nitrogen and oxygen atoms in total. The lowest BCUT2D eigenvalue weighted by atomic mass is 9.93. The van der Waals surface area contributed by atoms with Gasteiger partial charge in [-0.05, 0) is 23.9 Å². The molecule has 3 rings (SSSR count). The lowest BCUT2D eigenvalue weighted by Crippen LogP contribution is -2.05. The van der Waals surface area contributed by atoms with Crippen molar-refractivity contribution in [3.8, 4) is 5.75 Å². The van der Waals surface area contributed by atoms with Gasteiger partial charge in [0.15, 0.2) is 5.78 Å². The zero-order valence-corrected chi connectivity index (χ0v) is 12.1. The second kappa shape index (κ2) is 5.41. The molecule has 0 spiro atoms. The van der Waals surface area contributed by atoms with Crippen LogP contribution < -0.4 is 4.74 Å². The van der Waals surface area contributed by atoms with Crippen molar-refractivity contribution in [1.82, 2.24) is 0 Å². The number of benzene rings is 3. The van der Waals surface area contributed by atoms with E-state index in [9.17, 15) is 4.79 Å². The number of methoxy groups -OCH3 is 1. The monoisotopic (exact) mass is 276 g/mol. The molecule has 0 aromatic heterocycles. The summed E-state index contributed by atoms with van der Waals surface area (Å²) in [5.74, 6) is 0.847. The number of rotatable bonds is 3. The average Bonchev–Trinajstić information content (AvgIpc) is 2.54. The maximum absolute atomic E-state index is 12.8. The first-order valence-corrected chi connectivity index (χ1v) is 6.88. The van der Waals surface area contributed by atoms with Crippen molar-refractivity contribution >= 4 is 16.6 Å². The van der Waals surface area contributed by atoms with E-state index >= 15 is 0 Å². The van der Waals surface area contributed by atoms with Gasteiger partial charge in [-0.25, -0.2) is 0 Å². The first-order chi connectivity index (χ1) is 10.2. The number of carbonyl (C=O) groups is 1. The molecule has 0 radical (unpaired) electrons. The third-order valence-corrected chi connectivity index (χ3v) is 3.69. The zero-order valence-electron chi connectivity index (χ0n) is 12.1. The summed E-state index contributed by atoms with van der Waals surface area (Å²) in [6.45, 7) is 1.95. The second-order valence-electron chi connectivity index (χ2n) is 5.01. The van der Waals surface area contributed by atoms with E-state index in [1.165, 1.54) is 0 Å². The van der Waals surface area contributed by atoms with Crippen molar-refractivity contribution in [3.05, 3.63) is 77.4 Å². The number of hydrogen-bond donors (Lipinski definition) is 0. The molecular weight excluding hydrogens is 260 g/mol. The molecule has 0 heterocycles. The SMILES string of the molecule is COc1cc(C)c(C(=O)c2ccccc2)c2ccccc12. The van der Waals surface area contributed by atoms with Crippen LogP contribution in [0, 0.1) is 6.92 Å². The van der Waals surface area contributed by atoms with Gasteiger partial charge in [-0.15, -0.1) is 0 Å². The summed E-state index contributed by atoms with van der Waals surface area (Å²) in [6, 6.07) is 19.2. The van der Waals surface area contributed by atoms with Gasteiger partial charge in [-0.1, -0.05) is 54.6 Å². The molecule has 0 aliphatic heterocycles. The number of aryl methyl sites for hydroxylation is 1. The zero-order chi connectivity index (χ0) is 14.8. The lowest BCUT2D eigenvalue weighted by molar-refractivity contribution is 0.103. The fourth-order valence-corrected chi connectivity index (χ4v) is 2.68. The topological polar surface area (TPSA) is 26.3 Å². The Morgan fingerprint density at radius 2 is 1.52 bits per heavy atom. The summed E-state index contributed by atoms with van der Waals surface area (Å²) in [4.78, 5) is 12.8. The molecule has 0 aliphatic carbocycles. The minimum atomic E-state index is 0.0481. The van der Waals surface area contributed by atoms with E-state index in [1.54, 1.807) is 7.11 Å². The van der Waals surface area contributed by atoms with Gasteiger partial charge in [0.2, 0.25) is 0 Å². The fraction of sp³-hybridized carbons (Fsp3) is 0.105. The Balaban J connectivity index is 2.28. The summed E-state index contributed by atoms with van der Waals surface area (Å²) >= 11 is 0. The van der Waals surface area contributed by atoms with Crippen LogP contribution in [0.25, 0.3) is 10.8 Å². The molecule has 104 valence electrons. The first kappa shape index (κ1) is 13.4. The van der Waals surface area contributed by atoms with Gasteiger partial charge in [0, 0.05) is 16.5 Å². The van der Waals surface area contributed by atoms with Crippen molar-refractivity contribution in [2.24, 2.45) is 0 Å². The molecule has 0 fully saturated rings. The van der Waals surface area contributed by atoms with Gasteiger partial charge in [-0.2, -0.15) is 0 Å². The highest BCUT2D eigenvalue weighted by Gasteiger charge is 2.17. The quantitative estimate of drug-likeness (QED) is 0.663. The Hall–Kier alpha value is -2.61. The maximum Gasteiger partial charge on any atom is 0.193 e. The maximum atomic E-state index is 12.8. The van der Waals surface area contributed by atoms with Crippen LogP contribution in [0.2, 0.25) is 0 Å². The Morgan fingerprint density at radius 3 is 2.19 bits per heavy atom. The van der Waals surface area contributed by atoms with E-state index in [1.807, 2.05) is 67.6 Å². The molecule has 3 aromatic rings. The smallest absolute Gasteiger partial charge is 0.193 e. The van der Waals surface area contributed by atoms with E-state index in [0.717, 1.165) is 27.6 Å². The average molecular weight is 276 g/mol. The van der Waals surface area contributed by atoms with E-state index in [2.05, 4.69) is 0 Å². The van der Waals surface area contributed by atoms with Gasteiger partial charge in [0.05, 0.1) is 7.11 Å². The van der Waals surface area contributed by atoms with Crippen molar-refractivity contribution in [3.63, 3.8) is 0 Å². The van der Waals surface area contributed by atoms with Gasteiger partial charge < -0.3 is 4.74 Å². The number of ether oxygens (including phenoxy) is 1. The summed E-state index contributed by atoms with van der Waals surface area (Å²) in [5, 5.41) is 1.90. The van der Waals surface area contributed by atoms with Crippen LogP contribution in [0.3, 0.4) is 0 Å². The Morgan fingerprint density at radius 1 is 0.905 bits per heavy atom. The Kier molecular flexibility index (Phi) is 3.44. The van der Waals surface area contributed by atoms with Crippen molar-refractivity contribution in [1.29, 1.82) is 0 Å². The van der Waals surface area contributed by atoms with Gasteiger partial charge in [0.25, 0.3) is 0 Å². The first-order valence-electron chi connectivity index (χ1n) is 6.88. The number of carbonyl (C=O) groups excluding carboxylic acids is 1. The molecule has 0 N–H and O–H groups in total. The summed E-state index contributed by atoms with van der Waals surface area (Å²) in [5.41, 5.74) is 2.38. The summed E-state index contributed by atoms with van der Waals surface area (Å²) < 4.78 is 5.44. The summed E-state index contributed by atoms with van der Waals surface area (Å²) in [7, 11) is 1.65. The van der Waals surface area contributed by atoms with Crippen LogP contribution >= 0.6 is 0 Å². The fourth-order valence-electron chi connectivity index (χ4n) is 2.68. The second-order valence-corrected chi connectivity index (χ2v) is 5.01. The molecule has 0 amide bonds. The predicted molar refractivity (Wildman–Crippen MR) is 85.1 cm³/mol. The third-order valence-electron chi connectivity index (χ3n) is 3.69. The molecule has 0 saturated heterocycles. The van der Waals surface area contributed by atoms with Gasteiger partial charge >= 0.3 is 0 Å². The lowest BCUT2D eigenvalue weighted by Gasteiger charge is -2.13. The highest BCUT2D eigenvalue weighted by atomic mass is 16.5. The van der Waals surface area contributed by atoms with Crippen LogP contribution in [0.5, 0.6) is 5.75 Å². The molecule has 0 unspecified atom stereocenters. The molecule has 0 saturated carbocycles. The largest absolute Gasteiger partial charge is 0.496 e. The van der Waals surface area contributed by atoms with Crippen molar-refractivity contribution in [2.45, 2.75) is 6.92 Å². The minimum Gasteiger partial charge on any atom is -0.496 e. The normalized spacial score (nSPS) is 10.6. The van der Waals surface area contributed by atoms with Crippen LogP contribution in [-0.2, 0) is 0 Å². The number of hydrogen-bond acceptors (Lipinski definition) is 2. The standard InChI is InChI=1S/C19H16O2/c1-13-12-17(21-2)15-10-6-7-11-16(15)18(13)19(20)14-8-4-3-5-9-14/h3-12H,1-2H3. The van der Waals surface area contributed by atoms with Gasteiger partial charge in [0.1, 0.15) is 5.75 Å². The van der Waals surface area contributed by atoms with Crippen molar-refractivity contribution in [2.75, 3.05) is 7.11 Å². The van der Waals surface area contributed by atoms with Crippen LogP contribution in [0.4, 0.5) is 0 Å². The molecule has 0 bridgehead atoms. The van der Waals surface area contributed by atoms with Crippen LogP contribution in [0.1, 0.15) is 21.5 Å². The van der Waals surface area contributed by atoms with E-state index in [0.29, 0.717) is 5.56 Å². The highest BCUT2D eigenvalue weighted by Crippen LogP contribution is 2.32. The molecule has 0 atom stereocenters. The van der Waals surface area contributed by atoms with E-state index < -0.39 is 0 Å². The van der Waals surface area contributed by atoms with E-state index in [4.69, 9.17) is 4.74 Å². The molecule has 21 heavy (non-hydrogen) atoms. The number of ketones is 1. The Bertz CT molecular complexity index is 804. The minimum absolute atomic E-state index is 0.0481. The van der Waals surface area contributed by atoms with Crippen molar-refractivity contribution < 1.29 is 9.53 Å². The Labute approximate surface area is 124 Å². The van der Waals surface area contributed by atoms with Gasteiger partial charge in [-0.3, -0.25) is 4.79 Å². The molecule has 3 aromatic carbocycles. The summed E-state index contributed by atoms with van der Waals surface area (Å²) in [6.07, 6.45) is 0. The molecule has 2 heteroatoms. The number of fused-ring (bicyclic) bond motifs is 1. The van der Waals surface area contributed by atoms with E-state index in [-0.39, 0.29) is 5.78 Å². The molecular formula is C19H16O2. The third kappa shape index (κ3) is 2.29. The molecule has 0 aliphatic rings. The van der Waals surface area contributed by atoms with Crippen LogP contribution in [-0.4, -0.2) is 12.9 Å². The highest BCUT2D eigenvalue weighted by molar-refractivity contribution is 6.18.